The van der Waals surface area contributed by atoms with E-state index in [1.54, 1.807) is 36.5 Å². The molecule has 28 heavy (non-hydrogen) atoms. The van der Waals surface area contributed by atoms with Crippen molar-refractivity contribution in [2.24, 2.45) is 0 Å². The van der Waals surface area contributed by atoms with E-state index >= 15 is 0 Å². The van der Waals surface area contributed by atoms with Gasteiger partial charge in [-0.05, 0) is 37.3 Å². The maximum absolute atomic E-state index is 13.1. The average Bonchev–Trinajstić information content (AvgIpc) is 3.09. The first-order chi connectivity index (χ1) is 13.6. The number of hydrogen-bond donors (Lipinski definition) is 0. The molecule has 8 heteroatoms. The van der Waals surface area contributed by atoms with E-state index < -0.39 is 0 Å². The van der Waals surface area contributed by atoms with E-state index in [1.165, 1.54) is 0 Å². The number of ether oxygens (including phenoxy) is 1. The summed E-state index contributed by atoms with van der Waals surface area (Å²) >= 11 is 6.21. The molecule has 1 aromatic carbocycles. The zero-order chi connectivity index (χ0) is 19.5. The number of ketones is 1. The SMILES string of the molecule is Cc1nnc(CN2CCOCC2)n1-c1ccc(Cl)cc1C(=O)c1ccccn1. The van der Waals surface area contributed by atoms with Gasteiger partial charge < -0.3 is 4.74 Å². The lowest BCUT2D eigenvalue weighted by Crippen LogP contribution is -2.36. The Morgan fingerprint density at radius 1 is 1.18 bits per heavy atom. The van der Waals surface area contributed by atoms with Gasteiger partial charge in [0, 0.05) is 29.9 Å². The molecule has 0 bridgehead atoms. The Hall–Kier alpha value is -2.61. The molecule has 144 valence electrons. The van der Waals surface area contributed by atoms with Crippen LogP contribution in [0.5, 0.6) is 0 Å². The molecule has 3 aromatic rings. The van der Waals surface area contributed by atoms with E-state index in [1.807, 2.05) is 17.6 Å². The van der Waals surface area contributed by atoms with Crippen LogP contribution in [0.2, 0.25) is 5.02 Å². The summed E-state index contributed by atoms with van der Waals surface area (Å²) in [7, 11) is 0. The van der Waals surface area contributed by atoms with Gasteiger partial charge in [0.25, 0.3) is 0 Å². The fourth-order valence-electron chi connectivity index (χ4n) is 3.30. The Kier molecular flexibility index (Phi) is 5.47. The van der Waals surface area contributed by atoms with Crippen LogP contribution in [0, 0.1) is 6.92 Å². The number of hydrogen-bond acceptors (Lipinski definition) is 6. The number of aromatic nitrogens is 4. The summed E-state index contributed by atoms with van der Waals surface area (Å²) in [6, 6.07) is 10.5. The van der Waals surface area contributed by atoms with E-state index in [0.29, 0.717) is 47.6 Å². The van der Waals surface area contributed by atoms with E-state index in [2.05, 4.69) is 20.1 Å². The topological polar surface area (TPSA) is 73.1 Å². The quantitative estimate of drug-likeness (QED) is 0.616. The van der Waals surface area contributed by atoms with Gasteiger partial charge in [0.15, 0.2) is 5.82 Å². The average molecular weight is 398 g/mol. The number of pyridine rings is 1. The lowest BCUT2D eigenvalue weighted by Gasteiger charge is -2.26. The van der Waals surface area contributed by atoms with E-state index in [9.17, 15) is 4.79 Å². The van der Waals surface area contributed by atoms with Crippen LogP contribution in [0.4, 0.5) is 0 Å². The molecule has 1 saturated heterocycles. The Bertz CT molecular complexity index is 984. The lowest BCUT2D eigenvalue weighted by atomic mass is 10.0. The van der Waals surface area contributed by atoms with Crippen molar-refractivity contribution in [3.8, 4) is 5.69 Å². The van der Waals surface area contributed by atoms with Crippen molar-refractivity contribution >= 4 is 17.4 Å². The van der Waals surface area contributed by atoms with Crippen LogP contribution < -0.4 is 0 Å². The Labute approximate surface area is 167 Å². The highest BCUT2D eigenvalue weighted by Gasteiger charge is 2.22. The minimum absolute atomic E-state index is 0.191. The summed E-state index contributed by atoms with van der Waals surface area (Å²) in [5.41, 5.74) is 1.54. The summed E-state index contributed by atoms with van der Waals surface area (Å²) in [6.07, 6.45) is 1.60. The highest BCUT2D eigenvalue weighted by atomic mass is 35.5. The third-order valence-corrected chi connectivity index (χ3v) is 4.94. The minimum Gasteiger partial charge on any atom is -0.379 e. The molecule has 0 N–H and O–H groups in total. The van der Waals surface area contributed by atoms with Crippen molar-refractivity contribution < 1.29 is 9.53 Å². The van der Waals surface area contributed by atoms with Crippen LogP contribution >= 0.6 is 11.6 Å². The number of carbonyl (C=O) groups excluding carboxylic acids is 1. The molecule has 4 rings (SSSR count). The first kappa shape index (κ1) is 18.7. The molecule has 0 saturated carbocycles. The van der Waals surface area contributed by atoms with Crippen molar-refractivity contribution in [2.45, 2.75) is 13.5 Å². The number of aryl methyl sites for hydroxylation is 1. The number of halogens is 1. The molecule has 3 heterocycles. The van der Waals surface area contributed by atoms with Crippen LogP contribution in [0.3, 0.4) is 0 Å². The molecule has 1 aliphatic rings. The molecular weight excluding hydrogens is 378 g/mol. The van der Waals surface area contributed by atoms with Gasteiger partial charge in [-0.3, -0.25) is 19.2 Å². The predicted molar refractivity (Wildman–Crippen MR) is 105 cm³/mol. The molecule has 1 aliphatic heterocycles. The highest BCUT2D eigenvalue weighted by molar-refractivity contribution is 6.31. The van der Waals surface area contributed by atoms with Gasteiger partial charge in [-0.1, -0.05) is 17.7 Å². The van der Waals surface area contributed by atoms with Gasteiger partial charge in [0.05, 0.1) is 25.4 Å². The van der Waals surface area contributed by atoms with Gasteiger partial charge in [0.2, 0.25) is 5.78 Å². The zero-order valence-corrected chi connectivity index (χ0v) is 16.3. The summed E-state index contributed by atoms with van der Waals surface area (Å²) in [6.45, 7) is 5.59. The lowest BCUT2D eigenvalue weighted by molar-refractivity contribution is 0.0328. The second kappa shape index (κ2) is 8.18. The fraction of sp³-hybridized carbons (Fsp3) is 0.300. The molecule has 1 fully saturated rings. The fourth-order valence-corrected chi connectivity index (χ4v) is 3.47. The van der Waals surface area contributed by atoms with Crippen LogP contribution in [-0.4, -0.2) is 56.7 Å². The molecule has 0 atom stereocenters. The number of morpholine rings is 1. The number of rotatable bonds is 5. The smallest absolute Gasteiger partial charge is 0.213 e. The monoisotopic (exact) mass is 397 g/mol. The van der Waals surface area contributed by atoms with E-state index in [-0.39, 0.29) is 5.78 Å². The maximum atomic E-state index is 13.1. The van der Waals surface area contributed by atoms with Gasteiger partial charge in [-0.25, -0.2) is 0 Å². The molecular formula is C20H20ClN5O2. The third-order valence-electron chi connectivity index (χ3n) is 4.70. The van der Waals surface area contributed by atoms with Crippen LogP contribution in [0.25, 0.3) is 5.69 Å². The Morgan fingerprint density at radius 3 is 2.75 bits per heavy atom. The van der Waals surface area contributed by atoms with Gasteiger partial charge in [-0.15, -0.1) is 10.2 Å². The Balaban J connectivity index is 1.76. The number of nitrogens with zero attached hydrogens (tertiary/aromatic N) is 5. The van der Waals surface area contributed by atoms with Gasteiger partial charge in [-0.2, -0.15) is 0 Å². The first-order valence-electron chi connectivity index (χ1n) is 9.10. The van der Waals surface area contributed by atoms with Gasteiger partial charge in [0.1, 0.15) is 11.5 Å². The summed E-state index contributed by atoms with van der Waals surface area (Å²) in [5.74, 6) is 1.29. The molecule has 0 unspecified atom stereocenters. The molecule has 0 spiro atoms. The van der Waals surface area contributed by atoms with Crippen LogP contribution in [-0.2, 0) is 11.3 Å². The van der Waals surface area contributed by atoms with Crippen molar-refractivity contribution in [3.63, 3.8) is 0 Å². The maximum Gasteiger partial charge on any atom is 0.213 e. The first-order valence-corrected chi connectivity index (χ1v) is 9.48. The molecule has 7 nitrogen and oxygen atoms in total. The van der Waals surface area contributed by atoms with Crippen LogP contribution in [0.15, 0.2) is 42.6 Å². The van der Waals surface area contributed by atoms with Crippen molar-refractivity contribution in [2.75, 3.05) is 26.3 Å². The van der Waals surface area contributed by atoms with E-state index in [0.717, 1.165) is 18.9 Å². The Morgan fingerprint density at radius 2 is 2.00 bits per heavy atom. The molecule has 2 aromatic heterocycles. The van der Waals surface area contributed by atoms with Gasteiger partial charge >= 0.3 is 0 Å². The van der Waals surface area contributed by atoms with Crippen molar-refractivity contribution in [1.29, 1.82) is 0 Å². The van der Waals surface area contributed by atoms with E-state index in [4.69, 9.17) is 16.3 Å². The number of carbonyl (C=O) groups is 1. The summed E-state index contributed by atoms with van der Waals surface area (Å²) in [5, 5.41) is 9.09. The second-order valence-electron chi connectivity index (χ2n) is 6.59. The van der Waals surface area contributed by atoms with Crippen molar-refractivity contribution in [3.05, 3.63) is 70.5 Å². The number of benzene rings is 1. The predicted octanol–water partition coefficient (Wildman–Crippen LogP) is 2.69. The third kappa shape index (κ3) is 3.82. The standard InChI is InChI=1S/C20H20ClN5O2/c1-14-23-24-19(13-25-8-10-28-11-9-25)26(14)18-6-5-15(21)12-16(18)20(27)17-4-2-3-7-22-17/h2-7,12H,8-11,13H2,1H3. The summed E-state index contributed by atoms with van der Waals surface area (Å²) in [4.78, 5) is 19.6. The molecule has 0 radical (unpaired) electrons. The molecule has 0 aliphatic carbocycles. The second-order valence-corrected chi connectivity index (χ2v) is 7.03. The minimum atomic E-state index is -0.191. The normalized spacial score (nSPS) is 14.9. The highest BCUT2D eigenvalue weighted by Crippen LogP contribution is 2.25. The zero-order valence-electron chi connectivity index (χ0n) is 15.5. The largest absolute Gasteiger partial charge is 0.379 e. The van der Waals surface area contributed by atoms with Crippen LogP contribution in [0.1, 0.15) is 27.7 Å². The molecule has 0 amide bonds. The van der Waals surface area contributed by atoms with Crippen molar-refractivity contribution in [1.82, 2.24) is 24.6 Å². The summed E-state index contributed by atoms with van der Waals surface area (Å²) < 4.78 is 7.34.